The Morgan fingerprint density at radius 3 is 2.54 bits per heavy atom. The molecule has 0 radical (unpaired) electrons. The number of rotatable bonds is 5. The van der Waals surface area contributed by atoms with E-state index in [-0.39, 0.29) is 18.3 Å². The molecular weight excluding hydrogens is 364 g/mol. The van der Waals surface area contributed by atoms with Crippen molar-refractivity contribution in [3.63, 3.8) is 0 Å². The fraction of sp³-hybridized carbons (Fsp3) is 0.300. The van der Waals surface area contributed by atoms with Crippen molar-refractivity contribution in [3.05, 3.63) is 75.3 Å². The Hall–Kier alpha value is -3.10. The van der Waals surface area contributed by atoms with E-state index in [2.05, 4.69) is 4.99 Å². The molecule has 2 aromatic carbocycles. The van der Waals surface area contributed by atoms with Crippen molar-refractivity contribution in [2.45, 2.75) is 31.8 Å². The van der Waals surface area contributed by atoms with E-state index in [0.717, 1.165) is 5.56 Å². The van der Waals surface area contributed by atoms with Gasteiger partial charge in [-0.25, -0.2) is 4.99 Å². The lowest BCUT2D eigenvalue weighted by atomic mass is 9.96. The van der Waals surface area contributed by atoms with Crippen LogP contribution in [0, 0.1) is 10.1 Å². The van der Waals surface area contributed by atoms with Gasteiger partial charge in [-0.2, -0.15) is 0 Å². The summed E-state index contributed by atoms with van der Waals surface area (Å²) in [6.07, 6.45) is 0.298. The average Bonchev–Trinajstić information content (AvgIpc) is 3.08. The van der Waals surface area contributed by atoms with E-state index >= 15 is 0 Å². The number of hydrogen-bond donors (Lipinski definition) is 0. The lowest BCUT2D eigenvalue weighted by Gasteiger charge is -2.26. The number of benzene rings is 2. The molecule has 1 fully saturated rings. The van der Waals surface area contributed by atoms with Crippen LogP contribution in [-0.4, -0.2) is 34.9 Å². The smallest absolute Gasteiger partial charge is 0.269 e. The fourth-order valence-electron chi connectivity index (χ4n) is 3.29. The highest BCUT2D eigenvalue weighted by molar-refractivity contribution is 6.10. The van der Waals surface area contributed by atoms with Gasteiger partial charge in [-0.05, 0) is 24.6 Å². The molecule has 1 saturated heterocycles. The third kappa shape index (κ3) is 2.96. The summed E-state index contributed by atoms with van der Waals surface area (Å²) < 4.78 is 17.0. The van der Waals surface area contributed by atoms with Crippen molar-refractivity contribution in [1.82, 2.24) is 0 Å². The Labute approximate surface area is 160 Å². The monoisotopic (exact) mass is 382 g/mol. The maximum absolute atomic E-state index is 12.9. The minimum absolute atomic E-state index is 0.0634. The summed E-state index contributed by atoms with van der Waals surface area (Å²) in [6.45, 7) is 3.67. The highest BCUT2D eigenvalue weighted by atomic mass is 16.8. The van der Waals surface area contributed by atoms with E-state index in [0.29, 0.717) is 23.4 Å². The number of non-ortho nitro benzene ring substituents is 1. The van der Waals surface area contributed by atoms with Gasteiger partial charge in [-0.3, -0.25) is 14.9 Å². The summed E-state index contributed by atoms with van der Waals surface area (Å²) in [7, 11) is 0. The van der Waals surface area contributed by atoms with Crippen molar-refractivity contribution in [2.75, 3.05) is 6.79 Å². The molecule has 144 valence electrons. The van der Waals surface area contributed by atoms with Crippen molar-refractivity contribution in [2.24, 2.45) is 4.99 Å². The standard InChI is InChI=1S/C20H18N2O6/c1-19-20(2,27-12-26-19)28-17(21-19)11-14-5-3-4-6-16(14)18(23)13-7-9-15(10-8-13)22(24)25/h3-10H,11-12H2,1-2H3. The molecule has 0 spiro atoms. The number of carbonyl (C=O) groups excluding carboxylic acids is 1. The van der Waals surface area contributed by atoms with Gasteiger partial charge < -0.3 is 14.2 Å². The van der Waals surface area contributed by atoms with Gasteiger partial charge in [0.05, 0.1) is 4.92 Å². The number of ether oxygens (including phenoxy) is 3. The topological polar surface area (TPSA) is 100 Å². The van der Waals surface area contributed by atoms with Gasteiger partial charge in [-0.15, -0.1) is 0 Å². The summed E-state index contributed by atoms with van der Waals surface area (Å²) >= 11 is 0. The van der Waals surface area contributed by atoms with Crippen LogP contribution >= 0.6 is 0 Å². The first-order valence-electron chi connectivity index (χ1n) is 8.74. The SMILES string of the molecule is CC12N=C(Cc3ccccc3C(=O)c3ccc([N+](=O)[O-])cc3)OC1(C)OCO2. The molecule has 0 amide bonds. The second kappa shape index (κ2) is 6.50. The molecule has 0 saturated carbocycles. The zero-order valence-electron chi connectivity index (χ0n) is 15.4. The summed E-state index contributed by atoms with van der Waals surface area (Å²) in [4.78, 5) is 27.8. The minimum atomic E-state index is -0.986. The molecule has 2 aliphatic heterocycles. The van der Waals surface area contributed by atoms with Crippen LogP contribution in [0.3, 0.4) is 0 Å². The van der Waals surface area contributed by atoms with Crippen LogP contribution in [-0.2, 0) is 20.6 Å². The molecule has 2 heterocycles. The molecule has 4 rings (SSSR count). The Morgan fingerprint density at radius 1 is 1.14 bits per heavy atom. The van der Waals surface area contributed by atoms with E-state index < -0.39 is 16.4 Å². The van der Waals surface area contributed by atoms with E-state index in [9.17, 15) is 14.9 Å². The maximum atomic E-state index is 12.9. The Morgan fingerprint density at radius 2 is 1.86 bits per heavy atom. The lowest BCUT2D eigenvalue weighted by molar-refractivity contribution is -0.384. The molecule has 2 unspecified atom stereocenters. The number of aliphatic imine (C=N–C) groups is 1. The first kappa shape index (κ1) is 18.3. The molecule has 0 aromatic heterocycles. The van der Waals surface area contributed by atoms with Crippen molar-refractivity contribution < 1.29 is 23.9 Å². The van der Waals surface area contributed by atoms with E-state index in [1.165, 1.54) is 24.3 Å². The molecule has 0 bridgehead atoms. The van der Waals surface area contributed by atoms with Gasteiger partial charge in [-0.1, -0.05) is 24.3 Å². The summed E-state index contributed by atoms with van der Waals surface area (Å²) in [5, 5.41) is 10.8. The van der Waals surface area contributed by atoms with Crippen LogP contribution in [0.15, 0.2) is 53.5 Å². The van der Waals surface area contributed by atoms with Crippen molar-refractivity contribution in [1.29, 1.82) is 0 Å². The van der Waals surface area contributed by atoms with Crippen LogP contribution in [0.1, 0.15) is 35.3 Å². The second-order valence-corrected chi connectivity index (χ2v) is 6.91. The summed E-state index contributed by atoms with van der Waals surface area (Å²) in [5.41, 5.74) is 0.606. The number of ketones is 1. The van der Waals surface area contributed by atoms with Gasteiger partial charge in [0.1, 0.15) is 0 Å². The number of carbonyl (C=O) groups is 1. The predicted molar refractivity (Wildman–Crippen MR) is 99.0 cm³/mol. The third-order valence-electron chi connectivity index (χ3n) is 5.11. The van der Waals surface area contributed by atoms with E-state index in [1.807, 2.05) is 12.1 Å². The number of hydrogen-bond acceptors (Lipinski definition) is 7. The molecule has 0 N–H and O–H groups in total. The Balaban J connectivity index is 1.60. The molecule has 2 aliphatic rings. The molecular formula is C20H18N2O6. The second-order valence-electron chi connectivity index (χ2n) is 6.91. The van der Waals surface area contributed by atoms with Crippen LogP contribution in [0.25, 0.3) is 0 Å². The quantitative estimate of drug-likeness (QED) is 0.447. The lowest BCUT2D eigenvalue weighted by Crippen LogP contribution is -2.43. The number of nitro benzene ring substituents is 1. The van der Waals surface area contributed by atoms with Gasteiger partial charge in [0.25, 0.3) is 11.5 Å². The maximum Gasteiger partial charge on any atom is 0.269 e. The van der Waals surface area contributed by atoms with Gasteiger partial charge >= 0.3 is 0 Å². The zero-order valence-corrected chi connectivity index (χ0v) is 15.4. The minimum Gasteiger partial charge on any atom is -0.444 e. The van der Waals surface area contributed by atoms with E-state index in [4.69, 9.17) is 14.2 Å². The number of fused-ring (bicyclic) bond motifs is 1. The van der Waals surface area contributed by atoms with Crippen LogP contribution < -0.4 is 0 Å². The normalized spacial score (nSPS) is 25.7. The summed E-state index contributed by atoms with van der Waals surface area (Å²) in [6, 6.07) is 12.7. The molecule has 0 aliphatic carbocycles. The third-order valence-corrected chi connectivity index (χ3v) is 5.11. The van der Waals surface area contributed by atoms with Gasteiger partial charge in [0.15, 0.2) is 18.5 Å². The highest BCUT2D eigenvalue weighted by Crippen LogP contribution is 2.42. The average molecular weight is 382 g/mol. The molecule has 28 heavy (non-hydrogen) atoms. The Kier molecular flexibility index (Phi) is 4.24. The number of nitro groups is 1. The molecule has 2 aromatic rings. The van der Waals surface area contributed by atoms with Crippen LogP contribution in [0.5, 0.6) is 0 Å². The first-order valence-corrected chi connectivity index (χ1v) is 8.74. The molecule has 2 atom stereocenters. The zero-order chi connectivity index (χ0) is 19.9. The molecule has 8 heteroatoms. The largest absolute Gasteiger partial charge is 0.444 e. The number of nitrogens with zero attached hydrogens (tertiary/aromatic N) is 2. The Bertz CT molecular complexity index is 986. The van der Waals surface area contributed by atoms with Crippen molar-refractivity contribution >= 4 is 17.4 Å². The first-order chi connectivity index (χ1) is 13.3. The fourth-order valence-corrected chi connectivity index (χ4v) is 3.29. The van der Waals surface area contributed by atoms with Crippen LogP contribution in [0.4, 0.5) is 5.69 Å². The molecule has 8 nitrogen and oxygen atoms in total. The predicted octanol–water partition coefficient (Wildman–Crippen LogP) is 3.23. The van der Waals surface area contributed by atoms with Crippen LogP contribution in [0.2, 0.25) is 0 Å². The highest BCUT2D eigenvalue weighted by Gasteiger charge is 2.59. The summed E-state index contributed by atoms with van der Waals surface area (Å²) in [5.74, 6) is -0.789. The van der Waals surface area contributed by atoms with E-state index in [1.54, 1.807) is 26.0 Å². The van der Waals surface area contributed by atoms with Gasteiger partial charge in [0.2, 0.25) is 5.72 Å². The van der Waals surface area contributed by atoms with Gasteiger partial charge in [0, 0.05) is 36.6 Å². The van der Waals surface area contributed by atoms with Crippen molar-refractivity contribution in [3.8, 4) is 0 Å².